The summed E-state index contributed by atoms with van der Waals surface area (Å²) >= 11 is 4.20. The largest absolute Gasteiger partial charge is 0.349 e. The van der Waals surface area contributed by atoms with Gasteiger partial charge in [0.2, 0.25) is 5.43 Å². The molecule has 0 bridgehead atoms. The van der Waals surface area contributed by atoms with E-state index >= 15 is 0 Å². The second-order valence-corrected chi connectivity index (χ2v) is 4.79. The van der Waals surface area contributed by atoms with Crippen LogP contribution in [0.3, 0.4) is 0 Å². The summed E-state index contributed by atoms with van der Waals surface area (Å²) in [6.45, 7) is 0. The van der Waals surface area contributed by atoms with Crippen molar-refractivity contribution >= 4 is 56.1 Å². The fourth-order valence-electron chi connectivity index (χ4n) is 1.18. The second-order valence-electron chi connectivity index (χ2n) is 2.63. The average Bonchev–Trinajstić information content (AvgIpc) is 2.15. The van der Waals surface area contributed by atoms with Crippen LogP contribution in [0.15, 0.2) is 29.1 Å². The Morgan fingerprint density at radius 3 is 2.62 bits per heavy atom. The van der Waals surface area contributed by atoms with E-state index in [1.807, 2.05) is 24.3 Å². The summed E-state index contributed by atoms with van der Waals surface area (Å²) in [5, 5.41) is 0.757. The van der Waals surface area contributed by atoms with Gasteiger partial charge in [-0.05, 0) is 57.3 Å². The normalized spacial score (nSPS) is 10.6. The van der Waals surface area contributed by atoms with Gasteiger partial charge < -0.3 is 4.98 Å². The molecule has 66 valence electrons. The van der Waals surface area contributed by atoms with E-state index in [1.165, 1.54) is 0 Å². The smallest absolute Gasteiger partial charge is 0.203 e. The number of pyridine rings is 1. The number of halogens is 2. The molecular formula is C9H5I2NO. The molecule has 0 saturated carbocycles. The summed E-state index contributed by atoms with van der Waals surface area (Å²) in [5.41, 5.74) is 1.01. The summed E-state index contributed by atoms with van der Waals surface area (Å²) in [7, 11) is 0. The third kappa shape index (κ3) is 1.61. The van der Waals surface area contributed by atoms with Gasteiger partial charge in [0.25, 0.3) is 0 Å². The third-order valence-corrected chi connectivity index (χ3v) is 4.68. The zero-order chi connectivity index (χ0) is 9.42. The third-order valence-electron chi connectivity index (χ3n) is 1.81. The van der Waals surface area contributed by atoms with Crippen molar-refractivity contribution in [3.8, 4) is 0 Å². The Morgan fingerprint density at radius 2 is 1.85 bits per heavy atom. The number of benzene rings is 1. The number of nitrogens with one attached hydrogen (secondary N) is 1. The summed E-state index contributed by atoms with van der Waals surface area (Å²) < 4.78 is 1.67. The number of aromatic amines is 1. The number of aromatic nitrogens is 1. The van der Waals surface area contributed by atoms with Crippen LogP contribution in [-0.4, -0.2) is 4.98 Å². The van der Waals surface area contributed by atoms with Gasteiger partial charge in [0.1, 0.15) is 0 Å². The molecule has 0 radical (unpaired) electrons. The van der Waals surface area contributed by atoms with Crippen molar-refractivity contribution in [3.63, 3.8) is 0 Å². The SMILES string of the molecule is O=c1c(I)c(I)[nH]c2ccccc12. The quantitative estimate of drug-likeness (QED) is 0.539. The molecule has 0 aliphatic carbocycles. The Bertz CT molecular complexity index is 518. The predicted molar refractivity (Wildman–Crippen MR) is 70.0 cm³/mol. The van der Waals surface area contributed by atoms with Crippen molar-refractivity contribution in [1.82, 2.24) is 4.98 Å². The van der Waals surface area contributed by atoms with Crippen LogP contribution in [0.1, 0.15) is 0 Å². The molecule has 0 amide bonds. The lowest BCUT2D eigenvalue weighted by molar-refractivity contribution is 1.29. The summed E-state index contributed by atoms with van der Waals surface area (Å²) in [4.78, 5) is 14.9. The lowest BCUT2D eigenvalue weighted by Gasteiger charge is -2.00. The first-order valence-electron chi connectivity index (χ1n) is 3.66. The molecule has 0 atom stereocenters. The molecule has 2 nitrogen and oxygen atoms in total. The zero-order valence-corrected chi connectivity index (χ0v) is 10.8. The van der Waals surface area contributed by atoms with E-state index in [0.29, 0.717) is 0 Å². The summed E-state index contributed by atoms with van der Waals surface area (Å²) in [6.07, 6.45) is 0. The number of hydrogen-bond acceptors (Lipinski definition) is 1. The average molecular weight is 397 g/mol. The molecule has 1 aromatic carbocycles. The van der Waals surface area contributed by atoms with Gasteiger partial charge in [0, 0.05) is 5.39 Å². The topological polar surface area (TPSA) is 32.9 Å². The van der Waals surface area contributed by atoms with Gasteiger partial charge in [-0.1, -0.05) is 12.1 Å². The van der Waals surface area contributed by atoms with Gasteiger partial charge in [0.15, 0.2) is 0 Å². The number of para-hydroxylation sites is 1. The van der Waals surface area contributed by atoms with Crippen LogP contribution in [0.5, 0.6) is 0 Å². The highest BCUT2D eigenvalue weighted by atomic mass is 127. The Kier molecular flexibility index (Phi) is 2.59. The Hall–Kier alpha value is -0.110. The second kappa shape index (κ2) is 3.56. The van der Waals surface area contributed by atoms with Crippen LogP contribution in [0.4, 0.5) is 0 Å². The van der Waals surface area contributed by atoms with E-state index in [0.717, 1.165) is 18.2 Å². The Balaban J connectivity index is 3.03. The highest BCUT2D eigenvalue weighted by Gasteiger charge is 2.05. The standard InChI is InChI=1S/C9H5I2NO/c10-7-8(13)5-3-1-2-4-6(5)12-9(7)11/h1-4H,(H,12,13). The van der Waals surface area contributed by atoms with Crippen LogP contribution in [0, 0.1) is 7.27 Å². The number of fused-ring (bicyclic) bond motifs is 1. The molecule has 1 aromatic heterocycles. The van der Waals surface area contributed by atoms with Crippen LogP contribution in [-0.2, 0) is 0 Å². The van der Waals surface area contributed by atoms with Gasteiger partial charge in [0.05, 0.1) is 12.8 Å². The van der Waals surface area contributed by atoms with Crippen molar-refractivity contribution in [2.45, 2.75) is 0 Å². The van der Waals surface area contributed by atoms with E-state index in [4.69, 9.17) is 0 Å². The molecule has 2 rings (SSSR count). The minimum absolute atomic E-state index is 0.111. The van der Waals surface area contributed by atoms with Gasteiger partial charge in [-0.3, -0.25) is 4.79 Å². The molecule has 4 heteroatoms. The van der Waals surface area contributed by atoms with Crippen molar-refractivity contribution in [2.75, 3.05) is 0 Å². The molecule has 0 spiro atoms. The maximum absolute atomic E-state index is 11.7. The van der Waals surface area contributed by atoms with Crippen LogP contribution < -0.4 is 5.43 Å². The van der Waals surface area contributed by atoms with Crippen molar-refractivity contribution in [1.29, 1.82) is 0 Å². The zero-order valence-electron chi connectivity index (χ0n) is 6.47. The lowest BCUT2D eigenvalue weighted by Crippen LogP contribution is -2.09. The fraction of sp³-hybridized carbons (Fsp3) is 0. The van der Waals surface area contributed by atoms with Gasteiger partial charge in [-0.25, -0.2) is 0 Å². The summed E-state index contributed by atoms with van der Waals surface area (Å²) in [6, 6.07) is 7.54. The van der Waals surface area contributed by atoms with E-state index < -0.39 is 0 Å². The molecule has 2 aromatic rings. The summed E-state index contributed by atoms with van der Waals surface area (Å²) in [5.74, 6) is 0. The molecule has 0 saturated heterocycles. The predicted octanol–water partition coefficient (Wildman–Crippen LogP) is 2.74. The minimum Gasteiger partial charge on any atom is -0.349 e. The molecule has 1 N–H and O–H groups in total. The molecule has 1 heterocycles. The van der Waals surface area contributed by atoms with Crippen molar-refractivity contribution in [3.05, 3.63) is 41.8 Å². The van der Waals surface area contributed by atoms with Crippen molar-refractivity contribution < 1.29 is 0 Å². The maximum Gasteiger partial charge on any atom is 0.203 e. The van der Waals surface area contributed by atoms with Crippen LogP contribution in [0.2, 0.25) is 0 Å². The molecule has 0 aliphatic heterocycles. The monoisotopic (exact) mass is 397 g/mol. The number of H-pyrrole nitrogens is 1. The van der Waals surface area contributed by atoms with E-state index in [-0.39, 0.29) is 5.43 Å². The van der Waals surface area contributed by atoms with Crippen LogP contribution in [0.25, 0.3) is 10.9 Å². The van der Waals surface area contributed by atoms with Gasteiger partial charge in [-0.15, -0.1) is 0 Å². The molecule has 13 heavy (non-hydrogen) atoms. The number of rotatable bonds is 0. The molecule has 0 unspecified atom stereocenters. The molecular weight excluding hydrogens is 392 g/mol. The minimum atomic E-state index is 0.111. The highest BCUT2D eigenvalue weighted by molar-refractivity contribution is 14.1. The first kappa shape index (κ1) is 9.45. The fourth-order valence-corrected chi connectivity index (χ4v) is 2.14. The lowest BCUT2D eigenvalue weighted by atomic mass is 10.2. The number of hydrogen-bond donors (Lipinski definition) is 1. The van der Waals surface area contributed by atoms with E-state index in [1.54, 1.807) is 0 Å². The van der Waals surface area contributed by atoms with Crippen molar-refractivity contribution in [2.24, 2.45) is 0 Å². The van der Waals surface area contributed by atoms with Crippen LogP contribution >= 0.6 is 45.2 Å². The Labute approximate surface area is 102 Å². The van der Waals surface area contributed by atoms with Gasteiger partial charge >= 0.3 is 0 Å². The Morgan fingerprint density at radius 1 is 1.15 bits per heavy atom. The molecule has 0 fully saturated rings. The maximum atomic E-state index is 11.7. The van der Waals surface area contributed by atoms with E-state index in [9.17, 15) is 4.79 Å². The molecule has 0 aliphatic rings. The highest BCUT2D eigenvalue weighted by Crippen LogP contribution is 2.14. The van der Waals surface area contributed by atoms with Gasteiger partial charge in [-0.2, -0.15) is 0 Å². The first-order valence-corrected chi connectivity index (χ1v) is 5.82. The van der Waals surface area contributed by atoms with E-state index in [2.05, 4.69) is 50.2 Å². The first-order chi connectivity index (χ1) is 6.20.